The summed E-state index contributed by atoms with van der Waals surface area (Å²) in [5, 5.41) is 0. The van der Waals surface area contributed by atoms with Crippen molar-refractivity contribution in [2.75, 3.05) is 6.54 Å². The molecule has 18 heavy (non-hydrogen) atoms. The van der Waals surface area contributed by atoms with Crippen molar-refractivity contribution in [2.24, 2.45) is 0 Å². The number of hydrogen-bond donors (Lipinski definition) is 0. The normalized spacial score (nSPS) is 20.6. The van der Waals surface area contributed by atoms with Crippen LogP contribution in [0.2, 0.25) is 0 Å². The smallest absolute Gasteiger partial charge is 0.258 e. The largest absolute Gasteiger partial charge is 0.336 e. The van der Waals surface area contributed by atoms with Gasteiger partial charge in [-0.25, -0.2) is 4.39 Å². The number of nitrogens with zero attached hydrogens (tertiary/aromatic N) is 1. The maximum absolute atomic E-state index is 13.8. The first-order valence-corrected chi connectivity index (χ1v) is 7.15. The maximum atomic E-state index is 13.8. The van der Waals surface area contributed by atoms with E-state index in [1.165, 1.54) is 6.07 Å². The van der Waals surface area contributed by atoms with Crippen LogP contribution in [0.1, 0.15) is 43.0 Å². The number of hydrogen-bond acceptors (Lipinski definition) is 1. The Hall–Kier alpha value is -0.900. The molecule has 2 rings (SSSR count). The molecule has 1 atom stereocenters. The van der Waals surface area contributed by atoms with E-state index in [2.05, 4.69) is 15.9 Å². The molecule has 0 bridgehead atoms. The molecule has 1 aromatic rings. The fraction of sp³-hybridized carbons (Fsp3) is 0.500. The molecular weight excluding hydrogens is 297 g/mol. The zero-order valence-corrected chi connectivity index (χ0v) is 12.0. The number of amides is 1. The van der Waals surface area contributed by atoms with E-state index in [1.54, 1.807) is 17.0 Å². The fourth-order valence-electron chi connectivity index (χ4n) is 2.42. The average Bonchev–Trinajstić information content (AvgIpc) is 2.53. The Labute approximate surface area is 115 Å². The standard InChI is InChI=1S/C14H17BrFNO/c1-10-6-3-2-4-9-17(10)14(18)13-11(15)7-5-8-12(13)16/h5,7-8,10H,2-4,6,9H2,1H3. The topological polar surface area (TPSA) is 20.3 Å². The van der Waals surface area contributed by atoms with Crippen molar-refractivity contribution in [1.82, 2.24) is 4.90 Å². The van der Waals surface area contributed by atoms with Crippen LogP contribution in [0, 0.1) is 5.82 Å². The Morgan fingerprint density at radius 2 is 2.17 bits per heavy atom. The first kappa shape index (κ1) is 13.5. The Morgan fingerprint density at radius 3 is 2.89 bits per heavy atom. The quantitative estimate of drug-likeness (QED) is 0.767. The average molecular weight is 314 g/mol. The van der Waals surface area contributed by atoms with Gasteiger partial charge in [-0.1, -0.05) is 18.9 Å². The van der Waals surface area contributed by atoms with Crippen LogP contribution in [0.25, 0.3) is 0 Å². The molecule has 0 spiro atoms. The van der Waals surface area contributed by atoms with E-state index in [-0.39, 0.29) is 17.5 Å². The second-order valence-electron chi connectivity index (χ2n) is 4.79. The summed E-state index contributed by atoms with van der Waals surface area (Å²) in [4.78, 5) is 14.3. The lowest BCUT2D eigenvalue weighted by Crippen LogP contribution is -2.38. The number of rotatable bonds is 1. The molecule has 0 aromatic heterocycles. The van der Waals surface area contributed by atoms with Gasteiger partial charge in [0.25, 0.3) is 5.91 Å². The predicted octanol–water partition coefficient (Wildman–Crippen LogP) is 3.99. The second-order valence-corrected chi connectivity index (χ2v) is 5.65. The van der Waals surface area contributed by atoms with E-state index in [1.807, 2.05) is 6.92 Å². The molecular formula is C14H17BrFNO. The minimum atomic E-state index is -0.453. The lowest BCUT2D eigenvalue weighted by Gasteiger charge is -2.27. The molecule has 1 aliphatic heterocycles. The van der Waals surface area contributed by atoms with Gasteiger partial charge < -0.3 is 4.90 Å². The SMILES string of the molecule is CC1CCCCCN1C(=O)c1c(F)cccc1Br. The van der Waals surface area contributed by atoms with Crippen LogP contribution in [0.4, 0.5) is 4.39 Å². The highest BCUT2D eigenvalue weighted by atomic mass is 79.9. The van der Waals surface area contributed by atoms with Crippen molar-refractivity contribution in [3.63, 3.8) is 0 Å². The van der Waals surface area contributed by atoms with E-state index in [9.17, 15) is 9.18 Å². The minimum absolute atomic E-state index is 0.159. The number of halogens is 2. The highest BCUT2D eigenvalue weighted by molar-refractivity contribution is 9.10. The van der Waals surface area contributed by atoms with E-state index < -0.39 is 5.82 Å². The third-order valence-corrected chi connectivity index (χ3v) is 4.15. The summed E-state index contributed by atoms with van der Waals surface area (Å²) >= 11 is 3.27. The first-order valence-electron chi connectivity index (χ1n) is 6.36. The Balaban J connectivity index is 2.29. The lowest BCUT2D eigenvalue weighted by atomic mass is 10.1. The van der Waals surface area contributed by atoms with E-state index in [0.29, 0.717) is 4.47 Å². The summed E-state index contributed by atoms with van der Waals surface area (Å²) in [6.45, 7) is 2.76. The fourth-order valence-corrected chi connectivity index (χ4v) is 2.93. The lowest BCUT2D eigenvalue weighted by molar-refractivity contribution is 0.0692. The molecule has 0 aliphatic carbocycles. The van der Waals surface area contributed by atoms with Crippen LogP contribution in [-0.4, -0.2) is 23.4 Å². The van der Waals surface area contributed by atoms with Crippen LogP contribution in [0.3, 0.4) is 0 Å². The molecule has 1 saturated heterocycles. The molecule has 1 heterocycles. The molecule has 1 amide bonds. The van der Waals surface area contributed by atoms with Gasteiger partial charge >= 0.3 is 0 Å². The maximum Gasteiger partial charge on any atom is 0.258 e. The van der Waals surface area contributed by atoms with Gasteiger partial charge in [-0.3, -0.25) is 4.79 Å². The molecule has 0 radical (unpaired) electrons. The van der Waals surface area contributed by atoms with Crippen molar-refractivity contribution in [2.45, 2.75) is 38.6 Å². The molecule has 98 valence electrons. The first-order chi connectivity index (χ1) is 8.61. The monoisotopic (exact) mass is 313 g/mol. The summed E-state index contributed by atoms with van der Waals surface area (Å²) < 4.78 is 14.3. The van der Waals surface area contributed by atoms with Crippen molar-refractivity contribution in [3.8, 4) is 0 Å². The molecule has 0 saturated carbocycles. The minimum Gasteiger partial charge on any atom is -0.336 e. The summed E-state index contributed by atoms with van der Waals surface area (Å²) in [5.74, 6) is -0.653. The van der Waals surface area contributed by atoms with Crippen molar-refractivity contribution in [1.29, 1.82) is 0 Å². The van der Waals surface area contributed by atoms with Crippen LogP contribution < -0.4 is 0 Å². The van der Waals surface area contributed by atoms with E-state index in [0.717, 1.165) is 32.2 Å². The molecule has 2 nitrogen and oxygen atoms in total. The molecule has 1 aromatic carbocycles. The zero-order valence-electron chi connectivity index (χ0n) is 10.5. The van der Waals surface area contributed by atoms with Gasteiger partial charge in [0.15, 0.2) is 0 Å². The molecule has 4 heteroatoms. The Morgan fingerprint density at radius 1 is 1.39 bits per heavy atom. The van der Waals surface area contributed by atoms with Gasteiger partial charge in [-0.05, 0) is 47.8 Å². The summed E-state index contributed by atoms with van der Waals surface area (Å²) in [5.41, 5.74) is 0.159. The predicted molar refractivity (Wildman–Crippen MR) is 73.1 cm³/mol. The Kier molecular flexibility index (Phi) is 4.38. The second kappa shape index (κ2) is 5.83. The van der Waals surface area contributed by atoms with Gasteiger partial charge in [0.1, 0.15) is 5.82 Å². The molecule has 1 fully saturated rings. The highest BCUT2D eigenvalue weighted by Gasteiger charge is 2.26. The summed E-state index contributed by atoms with van der Waals surface area (Å²) in [7, 11) is 0. The van der Waals surface area contributed by atoms with Gasteiger partial charge in [-0.15, -0.1) is 0 Å². The van der Waals surface area contributed by atoms with Gasteiger partial charge in [-0.2, -0.15) is 0 Å². The Bertz CT molecular complexity index is 429. The van der Waals surface area contributed by atoms with Gasteiger partial charge in [0, 0.05) is 17.1 Å². The highest BCUT2D eigenvalue weighted by Crippen LogP contribution is 2.25. The number of benzene rings is 1. The summed E-state index contributed by atoms with van der Waals surface area (Å²) in [6, 6.07) is 4.83. The van der Waals surface area contributed by atoms with Crippen LogP contribution in [0.15, 0.2) is 22.7 Å². The molecule has 1 aliphatic rings. The molecule has 0 N–H and O–H groups in total. The summed E-state index contributed by atoms with van der Waals surface area (Å²) in [6.07, 6.45) is 4.29. The van der Waals surface area contributed by atoms with Gasteiger partial charge in [0.05, 0.1) is 5.56 Å². The molecule has 1 unspecified atom stereocenters. The third-order valence-electron chi connectivity index (χ3n) is 3.49. The van der Waals surface area contributed by atoms with Gasteiger partial charge in [0.2, 0.25) is 0 Å². The number of carbonyl (C=O) groups is 1. The van der Waals surface area contributed by atoms with Crippen molar-refractivity contribution in [3.05, 3.63) is 34.1 Å². The number of likely N-dealkylation sites (tertiary alicyclic amines) is 1. The van der Waals surface area contributed by atoms with Crippen LogP contribution in [0.5, 0.6) is 0 Å². The third kappa shape index (κ3) is 2.74. The van der Waals surface area contributed by atoms with Crippen LogP contribution in [-0.2, 0) is 0 Å². The van der Waals surface area contributed by atoms with Crippen molar-refractivity contribution < 1.29 is 9.18 Å². The number of carbonyl (C=O) groups excluding carboxylic acids is 1. The zero-order chi connectivity index (χ0) is 13.1. The van der Waals surface area contributed by atoms with E-state index >= 15 is 0 Å². The van der Waals surface area contributed by atoms with Crippen molar-refractivity contribution >= 4 is 21.8 Å². The van der Waals surface area contributed by atoms with E-state index in [4.69, 9.17) is 0 Å². The van der Waals surface area contributed by atoms with Crippen LogP contribution >= 0.6 is 15.9 Å².